The molecule has 3 heterocycles. The number of nitrogens with one attached hydrogen (secondary N) is 1. The number of nitrogens with zero attached hydrogens (tertiary/aromatic N) is 4. The summed E-state index contributed by atoms with van der Waals surface area (Å²) in [6.45, 7) is 2.08. The number of anilines is 1. The van der Waals surface area contributed by atoms with Crippen molar-refractivity contribution in [3.8, 4) is 11.4 Å². The Kier molecular flexibility index (Phi) is 5.74. The Morgan fingerprint density at radius 1 is 1.07 bits per heavy atom. The average Bonchev–Trinajstić information content (AvgIpc) is 2.79. The summed E-state index contributed by atoms with van der Waals surface area (Å²) in [5.74, 6) is 0.577. The van der Waals surface area contributed by atoms with Gasteiger partial charge in [-0.15, -0.1) is 0 Å². The highest BCUT2D eigenvalue weighted by molar-refractivity contribution is 5.98. The lowest BCUT2D eigenvalue weighted by atomic mass is 10.1. The lowest BCUT2D eigenvalue weighted by Crippen LogP contribution is -2.33. The van der Waals surface area contributed by atoms with E-state index in [4.69, 9.17) is 4.98 Å². The van der Waals surface area contributed by atoms with E-state index in [0.29, 0.717) is 29.3 Å². The van der Waals surface area contributed by atoms with Crippen molar-refractivity contribution in [3.05, 3.63) is 71.9 Å². The first kappa shape index (κ1) is 19.0. The molecular formula is C22H22FN5O. The minimum atomic E-state index is -0.309. The second-order valence-corrected chi connectivity index (χ2v) is 7.03. The summed E-state index contributed by atoms with van der Waals surface area (Å²) in [6, 6.07) is 9.80. The van der Waals surface area contributed by atoms with Crippen LogP contribution < -0.4 is 10.2 Å². The molecule has 0 spiro atoms. The number of hydrogen-bond donors (Lipinski definition) is 1. The molecule has 0 atom stereocenters. The fourth-order valence-electron chi connectivity index (χ4n) is 3.40. The van der Waals surface area contributed by atoms with E-state index in [9.17, 15) is 9.18 Å². The molecule has 1 aliphatic rings. The number of piperidine rings is 1. The van der Waals surface area contributed by atoms with Crippen LogP contribution in [0.1, 0.15) is 35.2 Å². The molecule has 0 saturated carbocycles. The number of halogens is 1. The summed E-state index contributed by atoms with van der Waals surface area (Å²) in [5.41, 5.74) is 2.08. The van der Waals surface area contributed by atoms with E-state index in [-0.39, 0.29) is 11.7 Å². The Bertz CT molecular complexity index is 972. The first-order valence-corrected chi connectivity index (χ1v) is 9.76. The Morgan fingerprint density at radius 2 is 1.86 bits per heavy atom. The van der Waals surface area contributed by atoms with Gasteiger partial charge in [-0.3, -0.25) is 9.78 Å². The zero-order valence-electron chi connectivity index (χ0n) is 16.0. The molecular weight excluding hydrogens is 369 g/mol. The Hall–Kier alpha value is -3.35. The van der Waals surface area contributed by atoms with Crippen molar-refractivity contribution >= 4 is 11.7 Å². The highest BCUT2D eigenvalue weighted by Gasteiger charge is 2.22. The number of carbonyl (C=O) groups excluding carboxylic acids is 1. The summed E-state index contributed by atoms with van der Waals surface area (Å²) in [7, 11) is 0. The maximum absolute atomic E-state index is 13.3. The van der Waals surface area contributed by atoms with E-state index in [1.807, 2.05) is 12.1 Å². The Labute approximate surface area is 168 Å². The van der Waals surface area contributed by atoms with Crippen molar-refractivity contribution in [2.24, 2.45) is 0 Å². The van der Waals surface area contributed by atoms with Crippen LogP contribution in [0.25, 0.3) is 11.4 Å². The molecule has 1 N–H and O–H groups in total. The predicted octanol–water partition coefficient (Wildman–Crippen LogP) is 3.60. The molecule has 7 heteroatoms. The lowest BCUT2D eigenvalue weighted by molar-refractivity contribution is 0.0950. The van der Waals surface area contributed by atoms with Crippen molar-refractivity contribution < 1.29 is 9.18 Å². The van der Waals surface area contributed by atoms with Crippen LogP contribution in [0.5, 0.6) is 0 Å². The van der Waals surface area contributed by atoms with Gasteiger partial charge in [-0.2, -0.15) is 0 Å². The van der Waals surface area contributed by atoms with Crippen LogP contribution >= 0.6 is 0 Å². The van der Waals surface area contributed by atoms with E-state index >= 15 is 0 Å². The summed E-state index contributed by atoms with van der Waals surface area (Å²) >= 11 is 0. The molecule has 0 bridgehead atoms. The van der Waals surface area contributed by atoms with Crippen molar-refractivity contribution in [1.82, 2.24) is 20.3 Å². The van der Waals surface area contributed by atoms with Gasteiger partial charge in [0.25, 0.3) is 5.91 Å². The van der Waals surface area contributed by atoms with Gasteiger partial charge in [0.15, 0.2) is 5.82 Å². The third-order valence-corrected chi connectivity index (χ3v) is 4.95. The van der Waals surface area contributed by atoms with Crippen LogP contribution in [0.2, 0.25) is 0 Å². The van der Waals surface area contributed by atoms with Crippen molar-refractivity contribution in [1.29, 1.82) is 0 Å². The number of pyridine rings is 1. The maximum atomic E-state index is 13.3. The molecule has 0 radical (unpaired) electrons. The monoisotopic (exact) mass is 391 g/mol. The van der Waals surface area contributed by atoms with E-state index in [2.05, 4.69) is 20.2 Å². The van der Waals surface area contributed by atoms with Gasteiger partial charge in [-0.25, -0.2) is 14.4 Å². The minimum absolute atomic E-state index is 0.222. The molecule has 1 saturated heterocycles. The van der Waals surface area contributed by atoms with Crippen molar-refractivity contribution in [3.63, 3.8) is 0 Å². The first-order valence-electron chi connectivity index (χ1n) is 9.76. The molecule has 29 heavy (non-hydrogen) atoms. The van der Waals surface area contributed by atoms with Gasteiger partial charge < -0.3 is 10.2 Å². The number of benzene rings is 1. The molecule has 1 aliphatic heterocycles. The third-order valence-electron chi connectivity index (χ3n) is 4.95. The molecule has 0 aliphatic carbocycles. The summed E-state index contributed by atoms with van der Waals surface area (Å²) < 4.78 is 13.3. The highest BCUT2D eigenvalue weighted by atomic mass is 19.1. The second kappa shape index (κ2) is 8.77. The fraction of sp³-hybridized carbons (Fsp3) is 0.273. The minimum Gasteiger partial charge on any atom is -0.356 e. The smallest absolute Gasteiger partial charge is 0.256 e. The zero-order chi connectivity index (χ0) is 20.1. The van der Waals surface area contributed by atoms with Crippen LogP contribution in [0.4, 0.5) is 10.2 Å². The van der Waals surface area contributed by atoms with E-state index in [0.717, 1.165) is 31.5 Å². The average molecular weight is 391 g/mol. The van der Waals surface area contributed by atoms with Gasteiger partial charge in [0.1, 0.15) is 17.2 Å². The van der Waals surface area contributed by atoms with Crippen molar-refractivity contribution in [2.75, 3.05) is 18.0 Å². The first-order chi connectivity index (χ1) is 14.2. The molecule has 0 unspecified atom stereocenters. The highest BCUT2D eigenvalue weighted by Crippen LogP contribution is 2.25. The Balaban J connectivity index is 1.62. The molecule has 1 fully saturated rings. The molecule has 1 amide bonds. The van der Waals surface area contributed by atoms with Gasteiger partial charge in [0.2, 0.25) is 0 Å². The Morgan fingerprint density at radius 3 is 2.59 bits per heavy atom. The quantitative estimate of drug-likeness (QED) is 0.720. The van der Waals surface area contributed by atoms with Gasteiger partial charge in [0, 0.05) is 43.8 Å². The zero-order valence-corrected chi connectivity index (χ0v) is 16.0. The maximum Gasteiger partial charge on any atom is 0.256 e. The second-order valence-electron chi connectivity index (χ2n) is 7.03. The molecule has 1 aromatic carbocycles. The van der Waals surface area contributed by atoms with Gasteiger partial charge in [0.05, 0.1) is 0 Å². The van der Waals surface area contributed by atoms with E-state index < -0.39 is 0 Å². The number of rotatable bonds is 5. The third kappa shape index (κ3) is 4.56. The number of carbonyl (C=O) groups is 1. The van der Waals surface area contributed by atoms with Gasteiger partial charge in [-0.1, -0.05) is 6.07 Å². The molecule has 6 nitrogen and oxygen atoms in total. The number of hydrogen-bond acceptors (Lipinski definition) is 5. The molecule has 148 valence electrons. The van der Waals surface area contributed by atoms with E-state index in [1.54, 1.807) is 30.7 Å². The molecule has 2 aromatic heterocycles. The van der Waals surface area contributed by atoms with E-state index in [1.165, 1.54) is 18.6 Å². The van der Waals surface area contributed by atoms with Crippen molar-refractivity contribution in [2.45, 2.75) is 25.8 Å². The van der Waals surface area contributed by atoms with Crippen LogP contribution in [0.15, 0.2) is 55.0 Å². The van der Waals surface area contributed by atoms with Crippen LogP contribution in [-0.2, 0) is 6.54 Å². The largest absolute Gasteiger partial charge is 0.356 e. The van der Waals surface area contributed by atoms with Crippen LogP contribution in [0.3, 0.4) is 0 Å². The normalized spacial score (nSPS) is 13.9. The summed E-state index contributed by atoms with van der Waals surface area (Å²) in [6.07, 6.45) is 8.28. The molecule has 4 rings (SSSR count). The van der Waals surface area contributed by atoms with Crippen LogP contribution in [-0.4, -0.2) is 33.9 Å². The predicted molar refractivity (Wildman–Crippen MR) is 109 cm³/mol. The topological polar surface area (TPSA) is 71.0 Å². The van der Waals surface area contributed by atoms with Gasteiger partial charge in [-0.05, 0) is 55.2 Å². The molecule has 3 aromatic rings. The summed E-state index contributed by atoms with van der Waals surface area (Å²) in [5, 5.41) is 2.93. The standard InChI is InChI=1S/C22H22FN5O/c23-18-8-6-17(7-9-18)20-25-15-19(21(27-20)28-11-2-1-3-12-28)22(29)26-14-16-5-4-10-24-13-16/h4-10,13,15H,1-3,11-12,14H2,(H,26,29). The lowest BCUT2D eigenvalue weighted by Gasteiger charge is -2.29. The summed E-state index contributed by atoms with van der Waals surface area (Å²) in [4.78, 5) is 28.2. The van der Waals surface area contributed by atoms with Gasteiger partial charge >= 0.3 is 0 Å². The van der Waals surface area contributed by atoms with Crippen LogP contribution in [0, 0.1) is 5.82 Å². The SMILES string of the molecule is O=C(NCc1cccnc1)c1cnc(-c2ccc(F)cc2)nc1N1CCCCC1. The fourth-order valence-corrected chi connectivity index (χ4v) is 3.40. The number of aromatic nitrogens is 3. The number of amides is 1.